The molecule has 1 heterocycles. The second-order valence-electron chi connectivity index (χ2n) is 6.90. The van der Waals surface area contributed by atoms with Crippen molar-refractivity contribution < 1.29 is 9.59 Å². The van der Waals surface area contributed by atoms with E-state index >= 15 is 0 Å². The summed E-state index contributed by atoms with van der Waals surface area (Å²) >= 11 is 5.86. The Kier molecular flexibility index (Phi) is 6.20. The Balaban J connectivity index is 1.91. The zero-order valence-corrected chi connectivity index (χ0v) is 17.6. The Morgan fingerprint density at radius 1 is 1.07 bits per heavy atom. The Bertz CT molecular complexity index is 1180. The lowest BCUT2D eigenvalue weighted by molar-refractivity contribution is -0.112. The number of hydrogen-bond donors (Lipinski definition) is 1. The van der Waals surface area contributed by atoms with Crippen molar-refractivity contribution in [3.8, 4) is 11.8 Å². The molecule has 1 aromatic heterocycles. The average Bonchev–Trinajstić information content (AvgIpc) is 3.00. The number of carbonyl (C=O) groups excluding carboxylic acids is 2. The largest absolute Gasteiger partial charge is 0.321 e. The third-order valence-corrected chi connectivity index (χ3v) is 5.02. The van der Waals surface area contributed by atoms with Gasteiger partial charge in [0.1, 0.15) is 11.6 Å². The molecule has 0 saturated heterocycles. The summed E-state index contributed by atoms with van der Waals surface area (Å²) in [6.45, 7) is 5.40. The predicted molar refractivity (Wildman–Crippen MR) is 119 cm³/mol. The molecule has 0 saturated carbocycles. The molecule has 0 unspecified atom stereocenters. The lowest BCUT2D eigenvalue weighted by Gasteiger charge is -2.10. The first-order valence-corrected chi connectivity index (χ1v) is 9.67. The van der Waals surface area contributed by atoms with E-state index in [0.717, 1.165) is 22.6 Å². The van der Waals surface area contributed by atoms with Crippen LogP contribution in [0.4, 0.5) is 5.69 Å². The van der Waals surface area contributed by atoms with Gasteiger partial charge in [-0.05, 0) is 87.0 Å². The number of aromatic nitrogens is 1. The number of nitrogens with one attached hydrogen (secondary N) is 1. The van der Waals surface area contributed by atoms with E-state index in [1.165, 1.54) is 6.92 Å². The Labute approximate surface area is 180 Å². The highest BCUT2D eigenvalue weighted by Gasteiger charge is 2.14. The number of carbonyl (C=O) groups is 2. The van der Waals surface area contributed by atoms with Gasteiger partial charge in [-0.25, -0.2) is 0 Å². The standard InChI is InChI=1S/C24H20ClN3O2/c1-15-12-19(16(2)28(15)23-10-4-18(5-11-23)17(3)29)13-20(14-26)24(30)27-22-8-6-21(25)7-9-22/h4-13H,1-3H3,(H,27,30). The van der Waals surface area contributed by atoms with Gasteiger partial charge in [-0.2, -0.15) is 5.26 Å². The first kappa shape index (κ1) is 21.1. The molecule has 0 aliphatic rings. The van der Waals surface area contributed by atoms with Crippen LogP contribution in [0.2, 0.25) is 5.02 Å². The summed E-state index contributed by atoms with van der Waals surface area (Å²) in [7, 11) is 0. The maximum Gasteiger partial charge on any atom is 0.266 e. The third kappa shape index (κ3) is 4.51. The second kappa shape index (κ2) is 8.81. The summed E-state index contributed by atoms with van der Waals surface area (Å²) in [4.78, 5) is 24.0. The molecule has 6 heteroatoms. The number of ketones is 1. The molecule has 3 rings (SSSR count). The number of Topliss-reactive ketones (excluding diaryl/α,β-unsaturated/α-hetero) is 1. The molecule has 30 heavy (non-hydrogen) atoms. The van der Waals surface area contributed by atoms with Crippen molar-refractivity contribution in [1.82, 2.24) is 4.57 Å². The van der Waals surface area contributed by atoms with Crippen LogP contribution in [0.25, 0.3) is 11.8 Å². The number of rotatable bonds is 5. The highest BCUT2D eigenvalue weighted by atomic mass is 35.5. The summed E-state index contributed by atoms with van der Waals surface area (Å²) in [5.41, 5.74) is 4.70. The number of nitrogens with zero attached hydrogens (tertiary/aromatic N) is 2. The van der Waals surface area contributed by atoms with Crippen LogP contribution in [0.5, 0.6) is 0 Å². The summed E-state index contributed by atoms with van der Waals surface area (Å²) in [5, 5.41) is 12.8. The number of aryl methyl sites for hydroxylation is 1. The second-order valence-corrected chi connectivity index (χ2v) is 7.33. The fourth-order valence-electron chi connectivity index (χ4n) is 3.21. The quantitative estimate of drug-likeness (QED) is 0.338. The fourth-order valence-corrected chi connectivity index (χ4v) is 3.34. The van der Waals surface area contributed by atoms with Crippen LogP contribution < -0.4 is 5.32 Å². The van der Waals surface area contributed by atoms with E-state index in [9.17, 15) is 14.9 Å². The van der Waals surface area contributed by atoms with Gasteiger partial charge in [-0.3, -0.25) is 9.59 Å². The van der Waals surface area contributed by atoms with Crippen LogP contribution in [-0.2, 0) is 4.79 Å². The Hall–Kier alpha value is -3.62. The monoisotopic (exact) mass is 417 g/mol. The minimum Gasteiger partial charge on any atom is -0.321 e. The van der Waals surface area contributed by atoms with Gasteiger partial charge in [0.2, 0.25) is 0 Å². The maximum absolute atomic E-state index is 12.5. The normalized spacial score (nSPS) is 11.1. The molecule has 0 spiro atoms. The molecule has 150 valence electrons. The van der Waals surface area contributed by atoms with Crippen LogP contribution in [-0.4, -0.2) is 16.3 Å². The smallest absolute Gasteiger partial charge is 0.266 e. The molecule has 0 aliphatic carbocycles. The molecule has 0 atom stereocenters. The van der Waals surface area contributed by atoms with Crippen molar-refractivity contribution in [3.63, 3.8) is 0 Å². The summed E-state index contributed by atoms with van der Waals surface area (Å²) in [6, 6.07) is 17.9. The Morgan fingerprint density at radius 3 is 2.27 bits per heavy atom. The van der Waals surface area contributed by atoms with Gasteiger partial charge in [-0.15, -0.1) is 0 Å². The molecule has 0 bridgehead atoms. The number of benzene rings is 2. The maximum atomic E-state index is 12.5. The van der Waals surface area contributed by atoms with Crippen LogP contribution in [0.3, 0.4) is 0 Å². The molecule has 1 amide bonds. The minimum absolute atomic E-state index is 0.00266. The van der Waals surface area contributed by atoms with Crippen LogP contribution in [0, 0.1) is 25.2 Å². The van der Waals surface area contributed by atoms with Gasteiger partial charge in [0.15, 0.2) is 5.78 Å². The summed E-state index contributed by atoms with van der Waals surface area (Å²) < 4.78 is 2.02. The van der Waals surface area contributed by atoms with Crippen LogP contribution >= 0.6 is 11.6 Å². The van der Waals surface area contributed by atoms with Gasteiger partial charge in [0.25, 0.3) is 5.91 Å². The molecule has 5 nitrogen and oxygen atoms in total. The van der Waals surface area contributed by atoms with Gasteiger partial charge in [0.05, 0.1) is 0 Å². The molecule has 3 aromatic rings. The van der Waals surface area contributed by atoms with Crippen molar-refractivity contribution in [2.75, 3.05) is 5.32 Å². The van der Waals surface area contributed by atoms with E-state index in [4.69, 9.17) is 11.6 Å². The highest BCUT2D eigenvalue weighted by Crippen LogP contribution is 2.24. The minimum atomic E-state index is -0.490. The van der Waals surface area contributed by atoms with Crippen LogP contribution in [0.1, 0.15) is 34.2 Å². The number of hydrogen-bond acceptors (Lipinski definition) is 3. The van der Waals surface area contributed by atoms with E-state index in [-0.39, 0.29) is 11.4 Å². The first-order valence-electron chi connectivity index (χ1n) is 9.29. The van der Waals surface area contributed by atoms with Gasteiger partial charge >= 0.3 is 0 Å². The number of nitriles is 1. The van der Waals surface area contributed by atoms with Crippen molar-refractivity contribution >= 4 is 35.1 Å². The average molecular weight is 418 g/mol. The highest BCUT2D eigenvalue weighted by molar-refractivity contribution is 6.30. The topological polar surface area (TPSA) is 74.9 Å². The number of halogens is 1. The van der Waals surface area contributed by atoms with Crippen molar-refractivity contribution in [2.24, 2.45) is 0 Å². The fraction of sp³-hybridized carbons (Fsp3) is 0.125. The van der Waals surface area contributed by atoms with E-state index in [0.29, 0.717) is 16.3 Å². The molecule has 2 aromatic carbocycles. The Morgan fingerprint density at radius 2 is 1.70 bits per heavy atom. The zero-order valence-electron chi connectivity index (χ0n) is 16.9. The molecule has 0 radical (unpaired) electrons. The van der Waals surface area contributed by atoms with Crippen molar-refractivity contribution in [2.45, 2.75) is 20.8 Å². The number of anilines is 1. The van der Waals surface area contributed by atoms with E-state index in [1.807, 2.05) is 42.7 Å². The summed E-state index contributed by atoms with van der Waals surface area (Å²) in [6.07, 6.45) is 1.58. The van der Waals surface area contributed by atoms with E-state index in [1.54, 1.807) is 42.5 Å². The molecule has 0 fully saturated rings. The van der Waals surface area contributed by atoms with E-state index in [2.05, 4.69) is 5.32 Å². The van der Waals surface area contributed by atoms with E-state index < -0.39 is 5.91 Å². The first-order chi connectivity index (χ1) is 14.3. The molecule has 0 aliphatic heterocycles. The van der Waals surface area contributed by atoms with Crippen molar-refractivity contribution in [3.05, 3.63) is 87.7 Å². The molecule has 1 N–H and O–H groups in total. The third-order valence-electron chi connectivity index (χ3n) is 4.77. The lowest BCUT2D eigenvalue weighted by atomic mass is 10.1. The van der Waals surface area contributed by atoms with Crippen LogP contribution in [0.15, 0.2) is 60.2 Å². The molecular formula is C24H20ClN3O2. The number of amides is 1. The van der Waals surface area contributed by atoms with Crippen molar-refractivity contribution in [1.29, 1.82) is 5.26 Å². The predicted octanol–water partition coefficient (Wildman–Crippen LogP) is 5.50. The summed E-state index contributed by atoms with van der Waals surface area (Å²) in [5.74, 6) is -0.480. The van der Waals surface area contributed by atoms with Gasteiger partial charge in [-0.1, -0.05) is 11.6 Å². The molecular weight excluding hydrogens is 398 g/mol. The SMILES string of the molecule is CC(=O)c1ccc(-n2c(C)cc(C=C(C#N)C(=O)Nc3ccc(Cl)cc3)c2C)cc1. The zero-order chi connectivity index (χ0) is 21.8. The van der Waals surface area contributed by atoms with Gasteiger partial charge in [0, 0.05) is 33.3 Å². The van der Waals surface area contributed by atoms with Gasteiger partial charge < -0.3 is 9.88 Å². The lowest BCUT2D eigenvalue weighted by Crippen LogP contribution is -2.13.